The molecule has 10 nitrogen and oxygen atoms in total. The molecule has 0 radical (unpaired) electrons. The second-order valence-corrected chi connectivity index (χ2v) is 7.12. The zero-order chi connectivity index (χ0) is 23.8. The minimum atomic E-state index is -0.741. The molecule has 0 unspecified atom stereocenters. The third kappa shape index (κ3) is 6.47. The Kier molecular flexibility index (Phi) is 7.87. The van der Waals surface area contributed by atoms with Gasteiger partial charge in [-0.2, -0.15) is 5.10 Å². The van der Waals surface area contributed by atoms with Gasteiger partial charge in [-0.1, -0.05) is 29.8 Å². The highest BCUT2D eigenvalue weighted by Crippen LogP contribution is 2.28. The average molecular weight is 473 g/mol. The number of anilines is 1. The van der Waals surface area contributed by atoms with Gasteiger partial charge < -0.3 is 25.3 Å². The lowest BCUT2D eigenvalue weighted by Crippen LogP contribution is -2.23. The van der Waals surface area contributed by atoms with Gasteiger partial charge >= 0.3 is 5.97 Å². The Labute approximate surface area is 194 Å². The number of primary amides is 1. The molecule has 3 N–H and O–H groups in total. The number of aromatic nitrogens is 2. The van der Waals surface area contributed by atoms with Gasteiger partial charge in [0.1, 0.15) is 5.82 Å². The van der Waals surface area contributed by atoms with Gasteiger partial charge in [0, 0.05) is 11.1 Å². The topological polar surface area (TPSA) is 135 Å². The van der Waals surface area contributed by atoms with Crippen molar-refractivity contribution in [3.63, 3.8) is 0 Å². The molecule has 0 saturated carbocycles. The van der Waals surface area contributed by atoms with E-state index >= 15 is 0 Å². The number of methoxy groups -OCH3 is 1. The fraction of sp³-hybridized carbons (Fsp3) is 0.182. The van der Waals surface area contributed by atoms with Gasteiger partial charge in [-0.15, -0.1) is 0 Å². The predicted octanol–water partition coefficient (Wildman–Crippen LogP) is 2.25. The Morgan fingerprint density at radius 1 is 1.09 bits per heavy atom. The van der Waals surface area contributed by atoms with E-state index in [1.54, 1.807) is 16.8 Å². The number of nitrogens with zero attached hydrogens (tertiary/aromatic N) is 2. The quantitative estimate of drug-likeness (QED) is 0.432. The fourth-order valence-electron chi connectivity index (χ4n) is 2.81. The van der Waals surface area contributed by atoms with E-state index in [1.165, 1.54) is 31.5 Å². The molecule has 0 aliphatic heterocycles. The molecule has 0 spiro atoms. The molecule has 0 bridgehead atoms. The molecule has 3 rings (SSSR count). The van der Waals surface area contributed by atoms with Gasteiger partial charge in [-0.05, 0) is 29.8 Å². The first kappa shape index (κ1) is 23.6. The summed E-state index contributed by atoms with van der Waals surface area (Å²) in [6, 6.07) is 13.1. The molecule has 0 fully saturated rings. The van der Waals surface area contributed by atoms with Gasteiger partial charge in [0.25, 0.3) is 11.8 Å². The van der Waals surface area contributed by atoms with Crippen LogP contribution in [0, 0.1) is 0 Å². The molecular weight excluding hydrogens is 452 g/mol. The SMILES string of the molecule is COc1cc(C(=O)OCC(=O)Nc2ccnn2Cc2ccccc2Cl)ccc1OCC(N)=O. The zero-order valence-corrected chi connectivity index (χ0v) is 18.4. The van der Waals surface area contributed by atoms with Crippen molar-refractivity contribution in [2.45, 2.75) is 6.54 Å². The Morgan fingerprint density at radius 3 is 2.61 bits per heavy atom. The summed E-state index contributed by atoms with van der Waals surface area (Å²) in [4.78, 5) is 35.5. The lowest BCUT2D eigenvalue weighted by Gasteiger charge is -2.12. The van der Waals surface area contributed by atoms with Crippen LogP contribution in [0.1, 0.15) is 15.9 Å². The molecule has 11 heteroatoms. The first-order chi connectivity index (χ1) is 15.9. The summed E-state index contributed by atoms with van der Waals surface area (Å²) in [6.07, 6.45) is 1.53. The van der Waals surface area contributed by atoms with Crippen molar-refractivity contribution in [1.29, 1.82) is 0 Å². The summed E-state index contributed by atoms with van der Waals surface area (Å²) in [5, 5.41) is 7.42. The molecule has 0 saturated heterocycles. The monoisotopic (exact) mass is 472 g/mol. The highest BCUT2D eigenvalue weighted by atomic mass is 35.5. The number of carbonyl (C=O) groups is 3. The smallest absolute Gasteiger partial charge is 0.338 e. The van der Waals surface area contributed by atoms with Gasteiger partial charge in [-0.3, -0.25) is 9.59 Å². The normalized spacial score (nSPS) is 10.4. The van der Waals surface area contributed by atoms with Crippen LogP contribution in [0.15, 0.2) is 54.7 Å². The minimum Gasteiger partial charge on any atom is -0.493 e. The van der Waals surface area contributed by atoms with E-state index in [2.05, 4.69) is 10.4 Å². The fourth-order valence-corrected chi connectivity index (χ4v) is 3.00. The van der Waals surface area contributed by atoms with Crippen molar-refractivity contribution in [2.75, 3.05) is 25.6 Å². The maximum atomic E-state index is 12.3. The van der Waals surface area contributed by atoms with Crippen LogP contribution in [0.25, 0.3) is 0 Å². The summed E-state index contributed by atoms with van der Waals surface area (Å²) in [7, 11) is 1.38. The number of nitrogens with two attached hydrogens (primary N) is 1. The summed E-state index contributed by atoms with van der Waals surface area (Å²) < 4.78 is 17.0. The molecule has 1 heterocycles. The van der Waals surface area contributed by atoms with E-state index in [-0.39, 0.29) is 23.7 Å². The van der Waals surface area contributed by atoms with Gasteiger partial charge in [0.05, 0.1) is 25.4 Å². The first-order valence-corrected chi connectivity index (χ1v) is 10.1. The van der Waals surface area contributed by atoms with Crippen LogP contribution in [0.3, 0.4) is 0 Å². The van der Waals surface area contributed by atoms with Crippen LogP contribution in [0.2, 0.25) is 5.02 Å². The number of carbonyl (C=O) groups excluding carboxylic acids is 3. The molecule has 1 aromatic heterocycles. The van der Waals surface area contributed by atoms with Crippen LogP contribution in [-0.4, -0.2) is 47.9 Å². The molecule has 2 amide bonds. The Bertz CT molecular complexity index is 1160. The zero-order valence-electron chi connectivity index (χ0n) is 17.6. The number of benzene rings is 2. The number of esters is 1. The van der Waals surface area contributed by atoms with Crippen molar-refractivity contribution in [2.24, 2.45) is 5.73 Å². The number of hydrogen-bond donors (Lipinski definition) is 2. The van der Waals surface area contributed by atoms with Crippen LogP contribution >= 0.6 is 11.6 Å². The van der Waals surface area contributed by atoms with Gasteiger partial charge in [0.2, 0.25) is 0 Å². The van der Waals surface area contributed by atoms with Gasteiger partial charge in [0.15, 0.2) is 24.7 Å². The summed E-state index contributed by atoms with van der Waals surface area (Å²) in [6.45, 7) is -0.502. The number of halogens is 1. The highest BCUT2D eigenvalue weighted by Gasteiger charge is 2.16. The summed E-state index contributed by atoms with van der Waals surface area (Å²) in [5.74, 6) is -1.07. The average Bonchev–Trinajstić information content (AvgIpc) is 3.23. The van der Waals surface area contributed by atoms with Crippen molar-refractivity contribution >= 4 is 35.2 Å². The highest BCUT2D eigenvalue weighted by molar-refractivity contribution is 6.31. The van der Waals surface area contributed by atoms with Crippen LogP contribution < -0.4 is 20.5 Å². The lowest BCUT2D eigenvalue weighted by atomic mass is 10.2. The number of ether oxygens (including phenoxy) is 3. The van der Waals surface area contributed by atoms with Crippen molar-refractivity contribution < 1.29 is 28.6 Å². The Balaban J connectivity index is 1.57. The van der Waals surface area contributed by atoms with E-state index in [1.807, 2.05) is 18.2 Å². The van der Waals surface area contributed by atoms with Crippen LogP contribution in [0.5, 0.6) is 11.5 Å². The second kappa shape index (κ2) is 11.0. The molecule has 2 aromatic carbocycles. The maximum Gasteiger partial charge on any atom is 0.338 e. The van der Waals surface area contributed by atoms with Gasteiger partial charge in [-0.25, -0.2) is 9.48 Å². The van der Waals surface area contributed by atoms with E-state index in [0.29, 0.717) is 17.4 Å². The Hall–Kier alpha value is -4.05. The summed E-state index contributed by atoms with van der Waals surface area (Å²) in [5.41, 5.74) is 6.02. The number of amides is 2. The van der Waals surface area contributed by atoms with Crippen LogP contribution in [-0.2, 0) is 20.9 Å². The largest absolute Gasteiger partial charge is 0.493 e. The van der Waals surface area contributed by atoms with E-state index in [4.69, 9.17) is 31.5 Å². The van der Waals surface area contributed by atoms with Crippen molar-refractivity contribution in [1.82, 2.24) is 9.78 Å². The standard InChI is InChI=1S/C22H21ClN4O6/c1-31-18-10-14(6-7-17(18)32-12-19(24)28)22(30)33-13-21(29)26-20-8-9-25-27(20)11-15-4-2-3-5-16(15)23/h2-10H,11-13H2,1H3,(H2,24,28)(H,26,29). The molecule has 172 valence electrons. The van der Waals surface area contributed by atoms with Crippen molar-refractivity contribution in [3.05, 3.63) is 70.9 Å². The molecule has 0 atom stereocenters. The lowest BCUT2D eigenvalue weighted by molar-refractivity contribution is -0.120. The maximum absolute atomic E-state index is 12.3. The number of hydrogen-bond acceptors (Lipinski definition) is 7. The number of rotatable bonds is 10. The first-order valence-electron chi connectivity index (χ1n) is 9.68. The second-order valence-electron chi connectivity index (χ2n) is 6.71. The molecular formula is C22H21ClN4O6. The third-order valence-corrected chi connectivity index (χ3v) is 4.73. The minimum absolute atomic E-state index is 0.134. The third-order valence-electron chi connectivity index (χ3n) is 4.37. The van der Waals surface area contributed by atoms with E-state index < -0.39 is 24.4 Å². The molecule has 0 aliphatic carbocycles. The Morgan fingerprint density at radius 2 is 1.88 bits per heavy atom. The van der Waals surface area contributed by atoms with Crippen molar-refractivity contribution in [3.8, 4) is 11.5 Å². The molecule has 0 aliphatic rings. The molecule has 3 aromatic rings. The van der Waals surface area contributed by atoms with E-state index in [9.17, 15) is 14.4 Å². The molecule has 33 heavy (non-hydrogen) atoms. The number of nitrogens with one attached hydrogen (secondary N) is 1. The predicted molar refractivity (Wildman–Crippen MR) is 119 cm³/mol. The summed E-state index contributed by atoms with van der Waals surface area (Å²) >= 11 is 6.18. The van der Waals surface area contributed by atoms with E-state index in [0.717, 1.165) is 5.56 Å². The van der Waals surface area contributed by atoms with Crippen LogP contribution in [0.4, 0.5) is 5.82 Å².